The number of nitrogens with zero attached hydrogens (tertiary/aromatic N) is 4. The number of hydrogen-bond acceptors (Lipinski definition) is 6. The molecule has 21 heavy (non-hydrogen) atoms. The first-order valence-corrected chi connectivity index (χ1v) is 7.86. The molecular formula is C15H27N5O. The van der Waals surface area contributed by atoms with Crippen LogP contribution in [0.4, 0.5) is 11.6 Å². The average Bonchev–Trinajstić information content (AvgIpc) is 2.55. The summed E-state index contributed by atoms with van der Waals surface area (Å²) in [5.74, 6) is 1.77. The van der Waals surface area contributed by atoms with E-state index in [1.165, 1.54) is 6.42 Å². The predicted molar refractivity (Wildman–Crippen MR) is 85.8 cm³/mol. The van der Waals surface area contributed by atoms with Crippen LogP contribution in [-0.4, -0.2) is 65.8 Å². The summed E-state index contributed by atoms with van der Waals surface area (Å²) in [6.45, 7) is 6.19. The molecule has 1 aliphatic heterocycles. The Balaban J connectivity index is 1.96. The molecule has 1 fully saturated rings. The Bertz CT molecular complexity index is 428. The second-order valence-corrected chi connectivity index (χ2v) is 5.61. The Morgan fingerprint density at radius 1 is 1.43 bits per heavy atom. The van der Waals surface area contributed by atoms with Gasteiger partial charge in [0.2, 0.25) is 0 Å². The van der Waals surface area contributed by atoms with Crippen LogP contribution in [0.3, 0.4) is 0 Å². The summed E-state index contributed by atoms with van der Waals surface area (Å²) < 4.78 is 0. The summed E-state index contributed by atoms with van der Waals surface area (Å²) in [4.78, 5) is 13.1. The minimum atomic E-state index is 0.188. The van der Waals surface area contributed by atoms with Crippen molar-refractivity contribution in [3.8, 4) is 0 Å². The Hall–Kier alpha value is -1.40. The van der Waals surface area contributed by atoms with Gasteiger partial charge in [0, 0.05) is 25.7 Å². The van der Waals surface area contributed by atoms with E-state index in [4.69, 9.17) is 0 Å². The van der Waals surface area contributed by atoms with Gasteiger partial charge >= 0.3 is 0 Å². The lowest BCUT2D eigenvalue weighted by Gasteiger charge is -2.35. The van der Waals surface area contributed by atoms with Crippen molar-refractivity contribution in [2.45, 2.75) is 32.2 Å². The molecule has 1 unspecified atom stereocenters. The van der Waals surface area contributed by atoms with Crippen molar-refractivity contribution in [3.05, 3.63) is 12.4 Å². The second kappa shape index (κ2) is 8.14. The number of aliphatic hydroxyl groups excluding tert-OH is 1. The summed E-state index contributed by atoms with van der Waals surface area (Å²) in [7, 11) is 2.10. The summed E-state index contributed by atoms with van der Waals surface area (Å²) in [6, 6.07) is 2.17. The van der Waals surface area contributed by atoms with Crippen molar-refractivity contribution < 1.29 is 5.11 Å². The Kier molecular flexibility index (Phi) is 6.20. The molecule has 1 saturated heterocycles. The van der Waals surface area contributed by atoms with Crippen molar-refractivity contribution in [2.75, 3.05) is 50.1 Å². The lowest BCUT2D eigenvalue weighted by Crippen LogP contribution is -2.42. The van der Waals surface area contributed by atoms with E-state index in [9.17, 15) is 5.11 Å². The molecule has 0 amide bonds. The zero-order valence-electron chi connectivity index (χ0n) is 13.1. The maximum atomic E-state index is 9.52. The van der Waals surface area contributed by atoms with E-state index in [0.29, 0.717) is 0 Å². The molecule has 1 aromatic heterocycles. The molecule has 2 rings (SSSR count). The van der Waals surface area contributed by atoms with Gasteiger partial charge in [-0.05, 0) is 32.9 Å². The van der Waals surface area contributed by atoms with E-state index in [-0.39, 0.29) is 12.6 Å². The normalized spacial score (nSPS) is 19.0. The average molecular weight is 293 g/mol. The van der Waals surface area contributed by atoms with Crippen molar-refractivity contribution in [1.82, 2.24) is 14.9 Å². The third-order valence-electron chi connectivity index (χ3n) is 4.12. The minimum absolute atomic E-state index is 0.188. The fraction of sp³-hybridized carbons (Fsp3) is 0.733. The molecule has 118 valence electrons. The highest BCUT2D eigenvalue weighted by Gasteiger charge is 2.23. The molecule has 0 bridgehead atoms. The van der Waals surface area contributed by atoms with Gasteiger partial charge in [-0.1, -0.05) is 6.92 Å². The van der Waals surface area contributed by atoms with Crippen molar-refractivity contribution in [2.24, 2.45) is 0 Å². The summed E-state index contributed by atoms with van der Waals surface area (Å²) in [5, 5.41) is 12.9. The van der Waals surface area contributed by atoms with Gasteiger partial charge in [0.15, 0.2) is 0 Å². The molecular weight excluding hydrogens is 266 g/mol. The molecule has 0 radical (unpaired) electrons. The number of aromatic nitrogens is 2. The van der Waals surface area contributed by atoms with E-state index < -0.39 is 0 Å². The van der Waals surface area contributed by atoms with Gasteiger partial charge in [-0.2, -0.15) is 0 Å². The van der Waals surface area contributed by atoms with Gasteiger partial charge in [-0.3, -0.25) is 0 Å². The van der Waals surface area contributed by atoms with Crippen LogP contribution in [0.15, 0.2) is 12.4 Å². The lowest BCUT2D eigenvalue weighted by atomic mass is 10.0. The standard InChI is InChI=1S/C15H27N5O/c1-3-19(2)9-7-16-14-10-15(18-12-17-14)20-8-5-4-6-13(20)11-21/h10,12-13,21H,3-9,11H2,1-2H3,(H,16,17,18). The number of anilines is 2. The van der Waals surface area contributed by atoms with Gasteiger partial charge in [0.25, 0.3) is 0 Å². The highest BCUT2D eigenvalue weighted by atomic mass is 16.3. The fourth-order valence-corrected chi connectivity index (χ4v) is 2.63. The molecule has 2 N–H and O–H groups in total. The Morgan fingerprint density at radius 2 is 2.29 bits per heavy atom. The van der Waals surface area contributed by atoms with E-state index in [0.717, 1.165) is 50.7 Å². The first-order valence-electron chi connectivity index (χ1n) is 7.86. The van der Waals surface area contributed by atoms with Crippen LogP contribution < -0.4 is 10.2 Å². The van der Waals surface area contributed by atoms with Crippen molar-refractivity contribution in [1.29, 1.82) is 0 Å². The van der Waals surface area contributed by atoms with Gasteiger partial charge in [0.05, 0.1) is 12.6 Å². The Morgan fingerprint density at radius 3 is 3.05 bits per heavy atom. The fourth-order valence-electron chi connectivity index (χ4n) is 2.63. The van der Waals surface area contributed by atoms with Crippen LogP contribution in [0.25, 0.3) is 0 Å². The molecule has 2 heterocycles. The highest BCUT2D eigenvalue weighted by Crippen LogP contribution is 2.23. The molecule has 6 heteroatoms. The maximum absolute atomic E-state index is 9.52. The Labute approximate surface area is 127 Å². The highest BCUT2D eigenvalue weighted by molar-refractivity contribution is 5.49. The molecule has 1 aromatic rings. The third kappa shape index (κ3) is 4.54. The van der Waals surface area contributed by atoms with Crippen LogP contribution in [0, 0.1) is 0 Å². The second-order valence-electron chi connectivity index (χ2n) is 5.61. The minimum Gasteiger partial charge on any atom is -0.394 e. The predicted octanol–water partition coefficient (Wildman–Crippen LogP) is 1.19. The number of aliphatic hydroxyl groups is 1. The molecule has 1 aliphatic rings. The smallest absolute Gasteiger partial charge is 0.134 e. The van der Waals surface area contributed by atoms with Crippen LogP contribution >= 0.6 is 0 Å². The van der Waals surface area contributed by atoms with E-state index in [1.54, 1.807) is 6.33 Å². The van der Waals surface area contributed by atoms with Gasteiger partial charge in [-0.15, -0.1) is 0 Å². The zero-order chi connectivity index (χ0) is 15.1. The zero-order valence-corrected chi connectivity index (χ0v) is 13.1. The molecule has 0 aromatic carbocycles. The molecule has 0 aliphatic carbocycles. The van der Waals surface area contributed by atoms with Gasteiger partial charge in [0.1, 0.15) is 18.0 Å². The molecule has 0 saturated carbocycles. The number of rotatable bonds is 7. The molecule has 0 spiro atoms. The number of nitrogens with one attached hydrogen (secondary N) is 1. The first kappa shape index (κ1) is 16.0. The van der Waals surface area contributed by atoms with E-state index >= 15 is 0 Å². The van der Waals surface area contributed by atoms with E-state index in [1.807, 2.05) is 6.07 Å². The van der Waals surface area contributed by atoms with Gasteiger partial charge in [-0.25, -0.2) is 9.97 Å². The molecule has 6 nitrogen and oxygen atoms in total. The maximum Gasteiger partial charge on any atom is 0.134 e. The van der Waals surface area contributed by atoms with Crippen LogP contribution in [0.1, 0.15) is 26.2 Å². The monoisotopic (exact) mass is 293 g/mol. The number of piperidine rings is 1. The van der Waals surface area contributed by atoms with E-state index in [2.05, 4.69) is 39.1 Å². The third-order valence-corrected chi connectivity index (χ3v) is 4.12. The quantitative estimate of drug-likeness (QED) is 0.787. The van der Waals surface area contributed by atoms with Crippen molar-refractivity contribution in [3.63, 3.8) is 0 Å². The van der Waals surface area contributed by atoms with Crippen LogP contribution in [0.5, 0.6) is 0 Å². The SMILES string of the molecule is CCN(C)CCNc1cc(N2CCCCC2CO)ncn1. The summed E-state index contributed by atoms with van der Waals surface area (Å²) in [5.41, 5.74) is 0. The summed E-state index contributed by atoms with van der Waals surface area (Å²) >= 11 is 0. The van der Waals surface area contributed by atoms with Gasteiger partial charge < -0.3 is 20.2 Å². The first-order chi connectivity index (χ1) is 10.2. The molecule has 1 atom stereocenters. The van der Waals surface area contributed by atoms with Crippen LogP contribution in [0.2, 0.25) is 0 Å². The largest absolute Gasteiger partial charge is 0.394 e. The van der Waals surface area contributed by atoms with Crippen molar-refractivity contribution >= 4 is 11.6 Å². The number of hydrogen-bond donors (Lipinski definition) is 2. The lowest BCUT2D eigenvalue weighted by molar-refractivity contribution is 0.239. The van der Waals surface area contributed by atoms with Crippen LogP contribution in [-0.2, 0) is 0 Å². The number of likely N-dealkylation sites (N-methyl/N-ethyl adjacent to an activating group) is 1. The topological polar surface area (TPSA) is 64.5 Å². The summed E-state index contributed by atoms with van der Waals surface area (Å²) in [6.07, 6.45) is 4.97.